The van der Waals surface area contributed by atoms with Crippen molar-refractivity contribution < 1.29 is 9.72 Å². The van der Waals surface area contributed by atoms with E-state index < -0.39 is 27.6 Å². The van der Waals surface area contributed by atoms with Gasteiger partial charge in [0.05, 0.1) is 17.7 Å². The summed E-state index contributed by atoms with van der Waals surface area (Å²) in [7, 11) is 0. The molecule has 9 heteroatoms. The standard InChI is InChI=1S/C12H9ClN4O4/c13-10-2-1-7(4-15-10)5-16-6-8(17(20)21)3-9(11(14)18)12(16)19/h1-4,6H,5H2,(H2,14,18). The Bertz CT molecular complexity index is 770. The van der Waals surface area contributed by atoms with E-state index in [1.165, 1.54) is 12.3 Å². The molecule has 21 heavy (non-hydrogen) atoms. The van der Waals surface area contributed by atoms with E-state index in [1.807, 2.05) is 0 Å². The summed E-state index contributed by atoms with van der Waals surface area (Å²) in [6, 6.07) is 4.00. The largest absolute Gasteiger partial charge is 0.365 e. The number of hydrogen-bond acceptors (Lipinski definition) is 5. The van der Waals surface area contributed by atoms with Gasteiger partial charge in [0.15, 0.2) is 0 Å². The fourth-order valence-corrected chi connectivity index (χ4v) is 1.82. The third-order valence-corrected chi connectivity index (χ3v) is 2.91. The normalized spacial score (nSPS) is 10.3. The third-order valence-electron chi connectivity index (χ3n) is 2.69. The molecule has 0 spiro atoms. The number of hydrogen-bond donors (Lipinski definition) is 1. The van der Waals surface area contributed by atoms with Crippen LogP contribution in [0.5, 0.6) is 0 Å². The molecule has 1 amide bonds. The van der Waals surface area contributed by atoms with E-state index in [0.29, 0.717) is 5.56 Å². The van der Waals surface area contributed by atoms with Gasteiger partial charge in [-0.2, -0.15) is 0 Å². The van der Waals surface area contributed by atoms with E-state index >= 15 is 0 Å². The molecule has 0 saturated carbocycles. The van der Waals surface area contributed by atoms with Crippen LogP contribution in [-0.4, -0.2) is 20.4 Å². The Morgan fingerprint density at radius 3 is 2.71 bits per heavy atom. The van der Waals surface area contributed by atoms with Gasteiger partial charge in [0.25, 0.3) is 17.2 Å². The van der Waals surface area contributed by atoms with Gasteiger partial charge in [0.1, 0.15) is 10.7 Å². The number of pyridine rings is 2. The highest BCUT2D eigenvalue weighted by Crippen LogP contribution is 2.12. The van der Waals surface area contributed by atoms with Crippen molar-refractivity contribution in [1.82, 2.24) is 9.55 Å². The second-order valence-electron chi connectivity index (χ2n) is 4.16. The molecule has 8 nitrogen and oxygen atoms in total. The predicted molar refractivity (Wildman–Crippen MR) is 74.2 cm³/mol. The van der Waals surface area contributed by atoms with Crippen LogP contribution < -0.4 is 11.3 Å². The number of nitrogens with zero attached hydrogens (tertiary/aromatic N) is 3. The van der Waals surface area contributed by atoms with Crippen LogP contribution in [0.4, 0.5) is 5.69 Å². The van der Waals surface area contributed by atoms with Crippen LogP contribution >= 0.6 is 11.6 Å². The summed E-state index contributed by atoms with van der Waals surface area (Å²) in [6.07, 6.45) is 2.47. The van der Waals surface area contributed by atoms with E-state index in [0.717, 1.165) is 16.8 Å². The molecule has 2 N–H and O–H groups in total. The van der Waals surface area contributed by atoms with Crippen molar-refractivity contribution in [3.8, 4) is 0 Å². The summed E-state index contributed by atoms with van der Waals surface area (Å²) in [4.78, 5) is 37.2. The maximum atomic E-state index is 12.0. The molecule has 0 aromatic carbocycles. The number of carbonyl (C=O) groups excluding carboxylic acids is 1. The van der Waals surface area contributed by atoms with E-state index in [1.54, 1.807) is 6.07 Å². The maximum absolute atomic E-state index is 12.0. The minimum atomic E-state index is -1.02. The average Bonchev–Trinajstić information content (AvgIpc) is 2.42. The summed E-state index contributed by atoms with van der Waals surface area (Å²) in [5.41, 5.74) is 4.11. The molecule has 0 aliphatic carbocycles. The minimum absolute atomic E-state index is 0.00492. The Labute approximate surface area is 122 Å². The summed E-state index contributed by atoms with van der Waals surface area (Å²) < 4.78 is 1.03. The van der Waals surface area contributed by atoms with Gasteiger partial charge < -0.3 is 10.3 Å². The van der Waals surface area contributed by atoms with Gasteiger partial charge in [0, 0.05) is 12.3 Å². The average molecular weight is 309 g/mol. The number of nitrogens with two attached hydrogens (primary N) is 1. The molecule has 0 atom stereocenters. The molecule has 2 rings (SSSR count). The van der Waals surface area contributed by atoms with Crippen molar-refractivity contribution in [1.29, 1.82) is 0 Å². The van der Waals surface area contributed by atoms with Crippen molar-refractivity contribution in [3.05, 3.63) is 67.3 Å². The summed E-state index contributed by atoms with van der Waals surface area (Å²) in [6.45, 7) is 0.00492. The first kappa shape index (κ1) is 14.7. The summed E-state index contributed by atoms with van der Waals surface area (Å²) in [5.74, 6) is -1.02. The molecule has 0 radical (unpaired) electrons. The van der Waals surface area contributed by atoms with Gasteiger partial charge in [0.2, 0.25) is 0 Å². The SMILES string of the molecule is NC(=O)c1cc([N+](=O)[O-])cn(Cc2ccc(Cl)nc2)c1=O. The van der Waals surface area contributed by atoms with Crippen molar-refractivity contribution in [2.75, 3.05) is 0 Å². The third kappa shape index (κ3) is 3.23. The number of halogens is 1. The molecule has 0 saturated heterocycles. The van der Waals surface area contributed by atoms with Crippen molar-refractivity contribution in [3.63, 3.8) is 0 Å². The zero-order valence-corrected chi connectivity index (χ0v) is 11.3. The number of carbonyl (C=O) groups is 1. The Balaban J connectivity index is 2.51. The van der Waals surface area contributed by atoms with Gasteiger partial charge in [-0.1, -0.05) is 17.7 Å². The highest BCUT2D eigenvalue weighted by molar-refractivity contribution is 6.29. The van der Waals surface area contributed by atoms with Crippen LogP contribution in [0.2, 0.25) is 5.15 Å². The van der Waals surface area contributed by atoms with Gasteiger partial charge >= 0.3 is 0 Å². The lowest BCUT2D eigenvalue weighted by Crippen LogP contribution is -2.30. The quantitative estimate of drug-likeness (QED) is 0.512. The molecule has 108 valence electrons. The molecular formula is C12H9ClN4O4. The topological polar surface area (TPSA) is 121 Å². The Hall–Kier alpha value is -2.74. The van der Waals surface area contributed by atoms with Crippen LogP contribution in [0.1, 0.15) is 15.9 Å². The van der Waals surface area contributed by atoms with Crippen LogP contribution in [0.3, 0.4) is 0 Å². The fraction of sp³-hybridized carbons (Fsp3) is 0.0833. The maximum Gasteiger partial charge on any atom is 0.286 e. The molecule has 2 aromatic heterocycles. The molecular weight excluding hydrogens is 300 g/mol. The Kier molecular flexibility index (Phi) is 3.99. The first-order valence-corrected chi connectivity index (χ1v) is 6.05. The zero-order chi connectivity index (χ0) is 15.6. The van der Waals surface area contributed by atoms with E-state index in [2.05, 4.69) is 4.98 Å². The lowest BCUT2D eigenvalue weighted by molar-refractivity contribution is -0.385. The number of nitro groups is 1. The molecule has 0 fully saturated rings. The number of rotatable bonds is 4. The van der Waals surface area contributed by atoms with Gasteiger partial charge in [-0.05, 0) is 11.6 Å². The molecule has 0 unspecified atom stereocenters. The van der Waals surface area contributed by atoms with Crippen molar-refractivity contribution >= 4 is 23.2 Å². The lowest BCUT2D eigenvalue weighted by Gasteiger charge is -2.07. The van der Waals surface area contributed by atoms with Crippen LogP contribution in [0, 0.1) is 10.1 Å². The summed E-state index contributed by atoms with van der Waals surface area (Å²) >= 11 is 5.65. The first-order chi connectivity index (χ1) is 9.88. The number of aromatic nitrogens is 2. The summed E-state index contributed by atoms with van der Waals surface area (Å²) in [5, 5.41) is 11.1. The first-order valence-electron chi connectivity index (χ1n) is 5.67. The second-order valence-corrected chi connectivity index (χ2v) is 4.54. The number of primary amides is 1. The van der Waals surface area contributed by atoms with E-state index in [9.17, 15) is 19.7 Å². The van der Waals surface area contributed by atoms with Crippen LogP contribution in [0.25, 0.3) is 0 Å². The highest BCUT2D eigenvalue weighted by atomic mass is 35.5. The van der Waals surface area contributed by atoms with Gasteiger partial charge in [-0.3, -0.25) is 19.7 Å². The van der Waals surface area contributed by atoms with Crippen LogP contribution in [0.15, 0.2) is 35.4 Å². The van der Waals surface area contributed by atoms with Gasteiger partial charge in [-0.25, -0.2) is 4.98 Å². The Morgan fingerprint density at radius 1 is 1.48 bits per heavy atom. The molecule has 0 aliphatic rings. The monoisotopic (exact) mass is 308 g/mol. The van der Waals surface area contributed by atoms with Crippen molar-refractivity contribution in [2.45, 2.75) is 6.54 Å². The van der Waals surface area contributed by atoms with Crippen molar-refractivity contribution in [2.24, 2.45) is 5.73 Å². The van der Waals surface area contributed by atoms with Crippen LogP contribution in [-0.2, 0) is 6.54 Å². The Morgan fingerprint density at radius 2 is 2.19 bits per heavy atom. The lowest BCUT2D eigenvalue weighted by atomic mass is 10.2. The molecule has 2 heterocycles. The smallest absolute Gasteiger partial charge is 0.286 e. The number of amides is 1. The fourth-order valence-electron chi connectivity index (χ4n) is 1.71. The zero-order valence-electron chi connectivity index (χ0n) is 10.5. The van der Waals surface area contributed by atoms with Gasteiger partial charge in [-0.15, -0.1) is 0 Å². The molecule has 0 bridgehead atoms. The molecule has 2 aromatic rings. The highest BCUT2D eigenvalue weighted by Gasteiger charge is 2.17. The minimum Gasteiger partial charge on any atom is -0.365 e. The second kappa shape index (κ2) is 5.71. The molecule has 0 aliphatic heterocycles. The van der Waals surface area contributed by atoms with E-state index in [4.69, 9.17) is 17.3 Å². The predicted octanol–water partition coefficient (Wildman–Crippen LogP) is 0.952. The van der Waals surface area contributed by atoms with E-state index in [-0.39, 0.29) is 11.7 Å².